The number of imidazole rings is 1. The summed E-state index contributed by atoms with van der Waals surface area (Å²) < 4.78 is 15.7. The van der Waals surface area contributed by atoms with Gasteiger partial charge in [-0.05, 0) is 82.6 Å². The Morgan fingerprint density at radius 1 is 1.17 bits per heavy atom. The highest BCUT2D eigenvalue weighted by Gasteiger charge is 2.28. The Morgan fingerprint density at radius 3 is 2.71 bits per heavy atom. The molecule has 13 heteroatoms. The van der Waals surface area contributed by atoms with E-state index in [-0.39, 0.29) is 12.3 Å². The molecular formula is C35H48ClN9O3. The van der Waals surface area contributed by atoms with E-state index in [2.05, 4.69) is 11.4 Å². The molecule has 0 bridgehead atoms. The van der Waals surface area contributed by atoms with Crippen LogP contribution in [0.3, 0.4) is 0 Å². The number of carbonyl (C=O) groups excluding carboxylic acids is 1. The third kappa shape index (κ3) is 8.16. The number of ether oxygens (including phenoxy) is 2. The maximum atomic E-state index is 13.1. The highest BCUT2D eigenvalue weighted by Crippen LogP contribution is 2.32. The number of amides is 1. The number of anilines is 1. The van der Waals surface area contributed by atoms with Gasteiger partial charge in [-0.3, -0.25) is 0 Å². The highest BCUT2D eigenvalue weighted by molar-refractivity contribution is 6.18. The number of hydrogen-bond acceptors (Lipinski definition) is 9. The largest absolute Gasteiger partial charge is 0.444 e. The molecule has 0 radical (unpaired) electrons. The summed E-state index contributed by atoms with van der Waals surface area (Å²) in [5.74, 6) is 7.49. The van der Waals surface area contributed by atoms with Gasteiger partial charge in [0.05, 0.1) is 36.2 Å². The topological polar surface area (TPSA) is 141 Å². The monoisotopic (exact) mass is 677 g/mol. The Bertz CT molecular complexity index is 1750. The van der Waals surface area contributed by atoms with Gasteiger partial charge in [0.25, 0.3) is 0 Å². The van der Waals surface area contributed by atoms with E-state index in [0.717, 1.165) is 77.8 Å². The Balaban J connectivity index is 1.19. The molecule has 1 saturated carbocycles. The SMILES string of the molecule is CC(C)(C)OC(=O)N(Cc1ccc2nc(CN(N)/C=C(\N)c3cc(NCCCl)cc4c3cnn4C3CCCCO3)cn2c1)CC1CCC1. The number of alkyl halides is 1. The molecule has 2 fully saturated rings. The van der Waals surface area contributed by atoms with E-state index in [1.54, 1.807) is 11.2 Å². The minimum Gasteiger partial charge on any atom is -0.444 e. The van der Waals surface area contributed by atoms with E-state index < -0.39 is 5.60 Å². The van der Waals surface area contributed by atoms with Crippen LogP contribution in [0.5, 0.6) is 0 Å². The summed E-state index contributed by atoms with van der Waals surface area (Å²) in [5.41, 5.74) is 11.9. The normalized spacial score (nSPS) is 17.4. The van der Waals surface area contributed by atoms with Crippen molar-refractivity contribution in [2.45, 2.75) is 84.2 Å². The van der Waals surface area contributed by atoms with Gasteiger partial charge in [-0.1, -0.05) is 12.5 Å². The molecule has 1 aromatic carbocycles. The fourth-order valence-electron chi connectivity index (χ4n) is 6.30. The quantitative estimate of drug-likeness (QED) is 0.0907. The summed E-state index contributed by atoms with van der Waals surface area (Å²) in [6, 6.07) is 8.04. The second kappa shape index (κ2) is 14.6. The van der Waals surface area contributed by atoms with E-state index in [4.69, 9.17) is 42.7 Å². The number of hydrogen-bond donors (Lipinski definition) is 3. The first kappa shape index (κ1) is 33.9. The number of halogens is 1. The van der Waals surface area contributed by atoms with Crippen LogP contribution in [0, 0.1) is 5.92 Å². The Hall–Kier alpha value is -4.00. The van der Waals surface area contributed by atoms with E-state index >= 15 is 0 Å². The second-order valence-electron chi connectivity index (χ2n) is 13.9. The van der Waals surface area contributed by atoms with Crippen molar-refractivity contribution in [3.63, 3.8) is 0 Å². The van der Waals surface area contributed by atoms with Gasteiger partial charge in [-0.25, -0.2) is 20.3 Å². The van der Waals surface area contributed by atoms with Gasteiger partial charge in [-0.15, -0.1) is 11.6 Å². The summed E-state index contributed by atoms with van der Waals surface area (Å²) in [6.45, 7) is 8.53. The molecule has 5 N–H and O–H groups in total. The van der Waals surface area contributed by atoms with E-state index in [0.29, 0.717) is 43.7 Å². The summed E-state index contributed by atoms with van der Waals surface area (Å²) in [5, 5.41) is 10.5. The maximum absolute atomic E-state index is 13.1. The van der Waals surface area contributed by atoms with Crippen molar-refractivity contribution in [1.29, 1.82) is 0 Å². The molecule has 1 saturated heterocycles. The minimum atomic E-state index is -0.550. The summed E-state index contributed by atoms with van der Waals surface area (Å²) in [6.07, 6.45) is 13.7. The van der Waals surface area contributed by atoms with Crippen molar-refractivity contribution in [1.82, 2.24) is 29.1 Å². The lowest BCUT2D eigenvalue weighted by Crippen LogP contribution is -2.40. The van der Waals surface area contributed by atoms with Gasteiger partial charge < -0.3 is 34.8 Å². The number of benzene rings is 1. The van der Waals surface area contributed by atoms with Crippen molar-refractivity contribution in [3.8, 4) is 0 Å². The van der Waals surface area contributed by atoms with Gasteiger partial charge >= 0.3 is 6.09 Å². The zero-order valence-electron chi connectivity index (χ0n) is 28.2. The van der Waals surface area contributed by atoms with Gasteiger partial charge in [0.1, 0.15) is 11.2 Å². The maximum Gasteiger partial charge on any atom is 0.410 e. The first-order valence-corrected chi connectivity index (χ1v) is 17.5. The van der Waals surface area contributed by atoms with Crippen molar-refractivity contribution in [3.05, 3.63) is 65.9 Å². The van der Waals surface area contributed by atoms with Crippen LogP contribution < -0.4 is 16.9 Å². The Morgan fingerprint density at radius 2 is 2.00 bits per heavy atom. The number of fused-ring (bicyclic) bond motifs is 2. The van der Waals surface area contributed by atoms with Crippen LogP contribution in [0.1, 0.15) is 82.3 Å². The molecule has 4 aromatic rings. The number of aromatic nitrogens is 4. The number of pyridine rings is 1. The number of carbonyl (C=O) groups is 1. The molecule has 1 aliphatic carbocycles. The molecule has 12 nitrogen and oxygen atoms in total. The summed E-state index contributed by atoms with van der Waals surface area (Å²) in [7, 11) is 0. The molecular weight excluding hydrogens is 630 g/mol. The molecule has 1 unspecified atom stereocenters. The third-order valence-corrected chi connectivity index (χ3v) is 9.01. The van der Waals surface area contributed by atoms with Crippen LogP contribution in [-0.4, -0.2) is 66.3 Å². The number of rotatable bonds is 12. The number of hydrazine groups is 1. The number of nitrogens with zero attached hydrogens (tertiary/aromatic N) is 6. The first-order valence-electron chi connectivity index (χ1n) is 16.9. The molecule has 4 heterocycles. The molecule has 3 aromatic heterocycles. The highest BCUT2D eigenvalue weighted by atomic mass is 35.5. The minimum absolute atomic E-state index is 0.109. The molecule has 48 heavy (non-hydrogen) atoms. The fourth-order valence-corrected chi connectivity index (χ4v) is 6.40. The summed E-state index contributed by atoms with van der Waals surface area (Å²) >= 11 is 5.98. The van der Waals surface area contributed by atoms with Crippen molar-refractivity contribution < 1.29 is 14.3 Å². The van der Waals surface area contributed by atoms with Crippen molar-refractivity contribution >= 4 is 45.6 Å². The summed E-state index contributed by atoms with van der Waals surface area (Å²) in [4.78, 5) is 19.7. The number of nitrogens with one attached hydrogen (secondary N) is 1. The van der Waals surface area contributed by atoms with Crippen LogP contribution in [0.25, 0.3) is 22.2 Å². The fraction of sp³-hybridized carbons (Fsp3) is 0.514. The molecule has 2 aliphatic rings. The smallest absolute Gasteiger partial charge is 0.410 e. The van der Waals surface area contributed by atoms with Crippen molar-refractivity contribution in [2.24, 2.45) is 17.5 Å². The average molecular weight is 678 g/mol. The molecule has 0 spiro atoms. The predicted molar refractivity (Wildman–Crippen MR) is 189 cm³/mol. The standard InChI is InChI=1S/C35H48ClN9O3/c1-35(2,3)48-34(46)43(18-24-7-6-8-24)20-25-10-11-32-41-27(21-42(32)19-25)22-44(38)23-30(37)28-15-26(39-13-12-36)16-31-29(28)17-40-45(31)33-9-4-5-14-47-33/h10-11,15-17,19,21,23-24,33,39H,4-9,12-14,18,20,22,37-38H2,1-3H3/b30-23-. The van der Waals surface area contributed by atoms with Crippen LogP contribution in [0.4, 0.5) is 10.5 Å². The lowest BCUT2D eigenvalue weighted by atomic mass is 9.85. The predicted octanol–water partition coefficient (Wildman–Crippen LogP) is 6.20. The Kier molecular flexibility index (Phi) is 10.3. The first-order chi connectivity index (χ1) is 23.1. The molecule has 1 amide bonds. The lowest BCUT2D eigenvalue weighted by Gasteiger charge is -2.33. The molecule has 1 atom stereocenters. The van der Waals surface area contributed by atoms with Crippen LogP contribution >= 0.6 is 11.6 Å². The van der Waals surface area contributed by atoms with E-state index in [1.807, 2.05) is 71.5 Å². The van der Waals surface area contributed by atoms with E-state index in [9.17, 15) is 4.79 Å². The van der Waals surface area contributed by atoms with Gasteiger partial charge in [-0.2, -0.15) is 5.10 Å². The van der Waals surface area contributed by atoms with Crippen LogP contribution in [-0.2, 0) is 22.6 Å². The second-order valence-corrected chi connectivity index (χ2v) is 14.3. The van der Waals surface area contributed by atoms with Crippen LogP contribution in [0.2, 0.25) is 0 Å². The molecule has 1 aliphatic heterocycles. The zero-order valence-corrected chi connectivity index (χ0v) is 29.0. The average Bonchev–Trinajstić information content (AvgIpc) is 3.63. The van der Waals surface area contributed by atoms with Gasteiger partial charge in [0, 0.05) is 60.8 Å². The number of nitrogens with two attached hydrogens (primary N) is 2. The van der Waals surface area contributed by atoms with Crippen LogP contribution in [0.15, 0.2) is 49.1 Å². The Labute approximate surface area is 286 Å². The lowest BCUT2D eigenvalue weighted by molar-refractivity contribution is -0.0366. The van der Waals surface area contributed by atoms with Crippen molar-refractivity contribution in [2.75, 3.05) is 30.9 Å². The third-order valence-electron chi connectivity index (χ3n) is 8.82. The van der Waals surface area contributed by atoms with Gasteiger partial charge in [0.2, 0.25) is 0 Å². The van der Waals surface area contributed by atoms with Gasteiger partial charge in [0.15, 0.2) is 6.23 Å². The molecule has 6 rings (SSSR count). The zero-order chi connectivity index (χ0) is 33.8. The molecule has 258 valence electrons. The van der Waals surface area contributed by atoms with E-state index in [1.165, 1.54) is 6.42 Å².